The van der Waals surface area contributed by atoms with E-state index in [2.05, 4.69) is 15.6 Å². The topological polar surface area (TPSA) is 244 Å². The van der Waals surface area contributed by atoms with Gasteiger partial charge in [-0.3, -0.25) is 29.0 Å². The Bertz CT molecular complexity index is 724. The number of nitrogens with zero attached hydrogens (tertiary/aromatic N) is 2. The second-order valence-electron chi connectivity index (χ2n) is 7.02. The van der Waals surface area contributed by atoms with Gasteiger partial charge in [0.15, 0.2) is 5.96 Å². The molecule has 3 unspecified atom stereocenters. The molecule has 1 heterocycles. The van der Waals surface area contributed by atoms with Crippen LogP contribution in [0.15, 0.2) is 4.99 Å². The van der Waals surface area contributed by atoms with Crippen LogP contribution in [-0.4, -0.2) is 88.5 Å². The predicted octanol–water partition coefficient (Wildman–Crippen LogP) is -3.48. The fraction of sp³-hybridized carbons (Fsp3) is 0.647. The number of aliphatic imine (C=N–C) groups is 1. The van der Waals surface area contributed by atoms with E-state index in [0.29, 0.717) is 19.3 Å². The summed E-state index contributed by atoms with van der Waals surface area (Å²) >= 11 is 0. The molecule has 10 N–H and O–H groups in total. The normalized spacial score (nSPS) is 17.3. The van der Waals surface area contributed by atoms with Crippen molar-refractivity contribution in [2.24, 2.45) is 22.2 Å². The van der Waals surface area contributed by atoms with Crippen LogP contribution >= 0.6 is 0 Å². The lowest BCUT2D eigenvalue weighted by Crippen LogP contribution is -2.56. The number of carbonyl (C=O) groups is 5. The molecular formula is C17H29N7O7. The minimum atomic E-state index is -1.36. The first-order valence-electron chi connectivity index (χ1n) is 9.66. The molecule has 0 spiro atoms. The van der Waals surface area contributed by atoms with E-state index in [9.17, 15) is 24.0 Å². The molecule has 3 amide bonds. The molecule has 3 atom stereocenters. The number of carbonyl (C=O) groups excluding carboxylic acids is 3. The zero-order valence-electron chi connectivity index (χ0n) is 17.0. The number of amides is 3. The second-order valence-corrected chi connectivity index (χ2v) is 7.02. The van der Waals surface area contributed by atoms with Crippen LogP contribution in [0.25, 0.3) is 0 Å². The molecule has 1 fully saturated rings. The van der Waals surface area contributed by atoms with Crippen LogP contribution in [-0.2, 0) is 24.0 Å². The number of hydrogen-bond acceptors (Lipinski definition) is 7. The fourth-order valence-corrected chi connectivity index (χ4v) is 3.10. The average Bonchev–Trinajstić information content (AvgIpc) is 3.16. The van der Waals surface area contributed by atoms with Crippen molar-refractivity contribution in [1.29, 1.82) is 0 Å². The summed E-state index contributed by atoms with van der Waals surface area (Å²) in [6.45, 7) is -0.156. The Balaban J connectivity index is 2.90. The molecule has 0 aromatic heterocycles. The van der Waals surface area contributed by atoms with E-state index >= 15 is 0 Å². The Labute approximate surface area is 178 Å². The Kier molecular flexibility index (Phi) is 10.2. The van der Waals surface area contributed by atoms with Crippen molar-refractivity contribution in [3.63, 3.8) is 0 Å². The number of carboxylic acid groups (broad SMARTS) is 2. The van der Waals surface area contributed by atoms with Crippen LogP contribution in [0.4, 0.5) is 0 Å². The summed E-state index contributed by atoms with van der Waals surface area (Å²) < 4.78 is 0. The Morgan fingerprint density at radius 1 is 1.13 bits per heavy atom. The first kappa shape index (κ1) is 25.6. The number of rotatable bonds is 12. The molecule has 31 heavy (non-hydrogen) atoms. The second kappa shape index (κ2) is 12.3. The van der Waals surface area contributed by atoms with Gasteiger partial charge in [0.05, 0.1) is 12.5 Å². The van der Waals surface area contributed by atoms with Gasteiger partial charge in [0.2, 0.25) is 17.7 Å². The van der Waals surface area contributed by atoms with Crippen LogP contribution in [0.3, 0.4) is 0 Å². The first-order valence-corrected chi connectivity index (χ1v) is 9.66. The van der Waals surface area contributed by atoms with Crippen molar-refractivity contribution in [3.05, 3.63) is 0 Å². The molecule has 0 radical (unpaired) electrons. The van der Waals surface area contributed by atoms with Crippen molar-refractivity contribution >= 4 is 35.6 Å². The number of aliphatic carboxylic acids is 2. The molecule has 1 aliphatic heterocycles. The lowest BCUT2D eigenvalue weighted by molar-refractivity contribution is -0.143. The summed E-state index contributed by atoms with van der Waals surface area (Å²) in [5.41, 5.74) is 16.1. The van der Waals surface area contributed by atoms with E-state index in [1.165, 1.54) is 4.90 Å². The van der Waals surface area contributed by atoms with E-state index in [-0.39, 0.29) is 25.5 Å². The summed E-state index contributed by atoms with van der Waals surface area (Å²) in [5, 5.41) is 22.2. The highest BCUT2D eigenvalue weighted by Gasteiger charge is 2.38. The number of nitrogens with one attached hydrogen (secondary N) is 2. The third kappa shape index (κ3) is 8.86. The zero-order chi connectivity index (χ0) is 23.6. The van der Waals surface area contributed by atoms with Crippen molar-refractivity contribution in [2.45, 2.75) is 50.2 Å². The summed E-state index contributed by atoms with van der Waals surface area (Å²) in [6, 6.07) is -3.33. The lowest BCUT2D eigenvalue weighted by atomic mass is 10.1. The van der Waals surface area contributed by atoms with Crippen LogP contribution in [0, 0.1) is 0 Å². The standard InChI is InChI=1S/C17H29N7O7/c18-9(7-12(25)26)14(29)23-10(3-1-5-21-17(19)20)16(31)24-6-2-4-11(24)15(30)22-8-13(27)28/h9-11H,1-8,18H2,(H,22,30)(H,23,29)(H,25,26)(H,27,28)(H4,19,20,21). The first-order chi connectivity index (χ1) is 14.5. The smallest absolute Gasteiger partial charge is 0.322 e. The summed E-state index contributed by atoms with van der Waals surface area (Å²) in [6.07, 6.45) is 0.659. The third-order valence-corrected chi connectivity index (χ3v) is 4.54. The SMILES string of the molecule is NC(N)=NCCCC(NC(=O)C(N)CC(=O)O)C(=O)N1CCCC1C(=O)NCC(=O)O. The van der Waals surface area contributed by atoms with Gasteiger partial charge in [-0.2, -0.15) is 0 Å². The highest BCUT2D eigenvalue weighted by molar-refractivity contribution is 5.94. The van der Waals surface area contributed by atoms with Gasteiger partial charge in [-0.1, -0.05) is 0 Å². The molecular weight excluding hydrogens is 414 g/mol. The van der Waals surface area contributed by atoms with E-state index in [1.54, 1.807) is 0 Å². The maximum Gasteiger partial charge on any atom is 0.322 e. The Morgan fingerprint density at radius 3 is 2.39 bits per heavy atom. The van der Waals surface area contributed by atoms with Crippen LogP contribution < -0.4 is 27.8 Å². The van der Waals surface area contributed by atoms with Crippen LogP contribution in [0.2, 0.25) is 0 Å². The summed E-state index contributed by atoms with van der Waals surface area (Å²) in [5.74, 6) is -4.62. The van der Waals surface area contributed by atoms with Gasteiger partial charge in [-0.25, -0.2) is 0 Å². The van der Waals surface area contributed by atoms with E-state index in [4.69, 9.17) is 27.4 Å². The molecule has 1 aliphatic rings. The summed E-state index contributed by atoms with van der Waals surface area (Å²) in [4.78, 5) is 64.2. The molecule has 14 nitrogen and oxygen atoms in total. The Hall–Kier alpha value is -3.42. The van der Waals surface area contributed by atoms with Crippen molar-refractivity contribution in [1.82, 2.24) is 15.5 Å². The van der Waals surface area contributed by atoms with Gasteiger partial charge in [0, 0.05) is 13.1 Å². The fourth-order valence-electron chi connectivity index (χ4n) is 3.10. The molecule has 0 saturated carbocycles. The highest BCUT2D eigenvalue weighted by Crippen LogP contribution is 2.20. The molecule has 14 heteroatoms. The maximum absolute atomic E-state index is 13.1. The predicted molar refractivity (Wildman–Crippen MR) is 107 cm³/mol. The van der Waals surface area contributed by atoms with Crippen LogP contribution in [0.1, 0.15) is 32.1 Å². The van der Waals surface area contributed by atoms with Crippen LogP contribution in [0.5, 0.6) is 0 Å². The lowest BCUT2D eigenvalue weighted by Gasteiger charge is -2.29. The molecule has 174 valence electrons. The molecule has 0 aliphatic carbocycles. The monoisotopic (exact) mass is 443 g/mol. The van der Waals surface area contributed by atoms with Crippen molar-refractivity contribution in [2.75, 3.05) is 19.6 Å². The van der Waals surface area contributed by atoms with Gasteiger partial charge < -0.3 is 42.9 Å². The number of hydrogen-bond donors (Lipinski definition) is 7. The van der Waals surface area contributed by atoms with Crippen molar-refractivity contribution < 1.29 is 34.2 Å². The van der Waals surface area contributed by atoms with E-state index in [1.807, 2.05) is 0 Å². The molecule has 0 aromatic carbocycles. The summed E-state index contributed by atoms with van der Waals surface area (Å²) in [7, 11) is 0. The highest BCUT2D eigenvalue weighted by atomic mass is 16.4. The molecule has 0 bridgehead atoms. The number of carboxylic acids is 2. The van der Waals surface area contributed by atoms with E-state index in [0.717, 1.165) is 0 Å². The van der Waals surface area contributed by atoms with Gasteiger partial charge in [0.25, 0.3) is 0 Å². The van der Waals surface area contributed by atoms with Gasteiger partial charge >= 0.3 is 11.9 Å². The number of likely N-dealkylation sites (tertiary alicyclic amines) is 1. The largest absolute Gasteiger partial charge is 0.481 e. The molecule has 1 rings (SSSR count). The quantitative estimate of drug-likeness (QED) is 0.0891. The molecule has 0 aromatic rings. The zero-order valence-corrected chi connectivity index (χ0v) is 17.0. The van der Waals surface area contributed by atoms with E-state index < -0.39 is 60.8 Å². The number of guanidine groups is 1. The van der Waals surface area contributed by atoms with Crippen molar-refractivity contribution in [3.8, 4) is 0 Å². The Morgan fingerprint density at radius 2 is 1.81 bits per heavy atom. The molecule has 1 saturated heterocycles. The van der Waals surface area contributed by atoms with Gasteiger partial charge in [-0.05, 0) is 25.7 Å². The maximum atomic E-state index is 13.1. The minimum absolute atomic E-state index is 0.112. The number of nitrogens with two attached hydrogens (primary N) is 3. The third-order valence-electron chi connectivity index (χ3n) is 4.54. The average molecular weight is 443 g/mol. The minimum Gasteiger partial charge on any atom is -0.481 e. The van der Waals surface area contributed by atoms with Gasteiger partial charge in [-0.15, -0.1) is 0 Å². The van der Waals surface area contributed by atoms with Gasteiger partial charge in [0.1, 0.15) is 18.6 Å².